The summed E-state index contributed by atoms with van der Waals surface area (Å²) in [4.78, 5) is 28.6. The largest absolute Gasteiger partial charge is 0.507 e. The van der Waals surface area contributed by atoms with Crippen molar-refractivity contribution in [1.82, 2.24) is 20.0 Å². The predicted molar refractivity (Wildman–Crippen MR) is 110 cm³/mol. The highest BCUT2D eigenvalue weighted by Crippen LogP contribution is 2.32. The molecule has 0 atom stereocenters. The second-order valence-corrected chi connectivity index (χ2v) is 8.49. The van der Waals surface area contributed by atoms with Gasteiger partial charge < -0.3 is 14.9 Å². The topological polar surface area (TPSA) is 89.5 Å². The summed E-state index contributed by atoms with van der Waals surface area (Å²) in [5.41, 5.74) is 3.82. The quantitative estimate of drug-likeness (QED) is 0.635. The minimum absolute atomic E-state index is 0.0768. The average molecular weight is 455 g/mol. The molecule has 2 aliphatic heterocycles. The van der Waals surface area contributed by atoms with Gasteiger partial charge in [0.25, 0.3) is 5.91 Å². The van der Waals surface area contributed by atoms with Gasteiger partial charge in [-0.05, 0) is 35.7 Å². The van der Waals surface area contributed by atoms with Crippen LogP contribution in [0.2, 0.25) is 0 Å². The normalized spacial score (nSPS) is 16.1. The number of aromatic nitrogens is 2. The van der Waals surface area contributed by atoms with E-state index in [-0.39, 0.29) is 23.1 Å². The number of halogens is 1. The average Bonchev–Trinajstić information content (AvgIpc) is 3.40. The number of aromatic hydroxyl groups is 1. The van der Waals surface area contributed by atoms with Crippen LogP contribution in [-0.4, -0.2) is 43.5 Å². The fourth-order valence-electron chi connectivity index (χ4n) is 4.13. The summed E-state index contributed by atoms with van der Waals surface area (Å²) in [7, 11) is 0. The first-order valence-corrected chi connectivity index (χ1v) is 10.3. The van der Waals surface area contributed by atoms with Crippen molar-refractivity contribution >= 4 is 38.6 Å². The van der Waals surface area contributed by atoms with E-state index in [9.17, 15) is 14.7 Å². The summed E-state index contributed by atoms with van der Waals surface area (Å²) in [5.74, 6) is -0.176. The number of hydrogen-bond acceptors (Lipinski definition) is 4. The Bertz CT molecular complexity index is 1160. The lowest BCUT2D eigenvalue weighted by Gasteiger charge is -2.17. The van der Waals surface area contributed by atoms with Gasteiger partial charge in [-0.3, -0.25) is 14.7 Å². The van der Waals surface area contributed by atoms with Gasteiger partial charge >= 0.3 is 0 Å². The maximum Gasteiger partial charge on any atom is 0.258 e. The molecule has 0 bridgehead atoms. The SMILES string of the molecule is O=C1CCCN1Cc1n[nH]c2cc(O)c(C(=O)N3Cc4ccc(Br)cc4C3)cc12. The smallest absolute Gasteiger partial charge is 0.258 e. The minimum atomic E-state index is -0.221. The predicted octanol–water partition coefficient (Wildman–Crippen LogP) is 3.31. The van der Waals surface area contributed by atoms with E-state index in [4.69, 9.17) is 0 Å². The number of phenols is 1. The molecule has 2 aliphatic rings. The van der Waals surface area contributed by atoms with Crippen molar-refractivity contribution in [2.45, 2.75) is 32.5 Å². The number of carbonyl (C=O) groups is 2. The Balaban J connectivity index is 1.45. The lowest BCUT2D eigenvalue weighted by atomic mass is 10.1. The molecule has 0 saturated carbocycles. The zero-order chi connectivity index (χ0) is 20.1. The molecule has 8 heteroatoms. The van der Waals surface area contributed by atoms with Gasteiger partial charge in [-0.25, -0.2) is 0 Å². The van der Waals surface area contributed by atoms with Crippen molar-refractivity contribution in [3.63, 3.8) is 0 Å². The molecular formula is C21H19BrN4O3. The number of likely N-dealkylation sites (tertiary alicyclic amines) is 1. The molecular weight excluding hydrogens is 436 g/mol. The Morgan fingerprint density at radius 2 is 2.03 bits per heavy atom. The number of aromatic amines is 1. The number of nitrogens with zero attached hydrogens (tertiary/aromatic N) is 3. The van der Waals surface area contributed by atoms with Crippen molar-refractivity contribution in [2.75, 3.05) is 6.54 Å². The summed E-state index contributed by atoms with van der Waals surface area (Å²) in [6.45, 7) is 2.14. The molecule has 5 rings (SSSR count). The lowest BCUT2D eigenvalue weighted by Crippen LogP contribution is -2.25. The second kappa shape index (κ2) is 6.88. The van der Waals surface area contributed by atoms with Crippen molar-refractivity contribution in [3.8, 4) is 5.75 Å². The van der Waals surface area contributed by atoms with Crippen LogP contribution >= 0.6 is 15.9 Å². The van der Waals surface area contributed by atoms with Gasteiger partial charge in [0, 0.05) is 42.0 Å². The Labute approximate surface area is 175 Å². The lowest BCUT2D eigenvalue weighted by molar-refractivity contribution is -0.128. The fourth-order valence-corrected chi connectivity index (χ4v) is 4.54. The van der Waals surface area contributed by atoms with E-state index in [1.807, 2.05) is 18.2 Å². The summed E-state index contributed by atoms with van der Waals surface area (Å²) in [5, 5.41) is 18.4. The monoisotopic (exact) mass is 454 g/mol. The van der Waals surface area contributed by atoms with Gasteiger partial charge in [-0.2, -0.15) is 5.10 Å². The molecule has 3 heterocycles. The van der Waals surface area contributed by atoms with E-state index in [1.165, 1.54) is 6.07 Å². The first kappa shape index (κ1) is 18.2. The van der Waals surface area contributed by atoms with Crippen LogP contribution in [0.15, 0.2) is 34.8 Å². The zero-order valence-corrected chi connectivity index (χ0v) is 17.2. The number of carbonyl (C=O) groups excluding carboxylic acids is 2. The number of benzene rings is 2. The Morgan fingerprint density at radius 3 is 2.83 bits per heavy atom. The zero-order valence-electron chi connectivity index (χ0n) is 15.6. The van der Waals surface area contributed by atoms with Crippen LogP contribution in [0.4, 0.5) is 0 Å². The number of fused-ring (bicyclic) bond motifs is 2. The van der Waals surface area contributed by atoms with Crippen LogP contribution in [0.1, 0.15) is 40.0 Å². The van der Waals surface area contributed by atoms with Crippen molar-refractivity contribution in [2.24, 2.45) is 0 Å². The standard InChI is InChI=1S/C21H19BrN4O3/c22-14-4-3-12-9-26(10-13(12)6-14)21(29)16-7-15-17(8-19(16)27)23-24-18(15)11-25-5-1-2-20(25)28/h3-4,6-8,27H,1-2,5,9-11H2,(H,23,24). The molecule has 2 N–H and O–H groups in total. The van der Waals surface area contributed by atoms with Gasteiger partial charge in [0.15, 0.2) is 0 Å². The first-order valence-electron chi connectivity index (χ1n) is 9.54. The number of rotatable bonds is 3. The van der Waals surface area contributed by atoms with Gasteiger partial charge in [-0.15, -0.1) is 0 Å². The highest BCUT2D eigenvalue weighted by molar-refractivity contribution is 9.10. The third-order valence-electron chi connectivity index (χ3n) is 5.68. The van der Waals surface area contributed by atoms with Gasteiger partial charge in [-0.1, -0.05) is 22.0 Å². The van der Waals surface area contributed by atoms with Gasteiger partial charge in [0.05, 0.1) is 23.3 Å². The van der Waals surface area contributed by atoms with E-state index >= 15 is 0 Å². The molecule has 2 amide bonds. The molecule has 2 aromatic carbocycles. The van der Waals surface area contributed by atoms with Gasteiger partial charge in [0.1, 0.15) is 5.75 Å². The summed E-state index contributed by atoms with van der Waals surface area (Å²) in [6, 6.07) is 9.22. The maximum absolute atomic E-state index is 13.2. The summed E-state index contributed by atoms with van der Waals surface area (Å²) >= 11 is 3.47. The van der Waals surface area contributed by atoms with E-state index in [1.54, 1.807) is 15.9 Å². The van der Waals surface area contributed by atoms with E-state index in [0.29, 0.717) is 37.3 Å². The van der Waals surface area contributed by atoms with Crippen LogP contribution in [-0.2, 0) is 24.4 Å². The molecule has 0 aliphatic carbocycles. The first-order chi connectivity index (χ1) is 14.0. The van der Waals surface area contributed by atoms with Crippen LogP contribution in [0, 0.1) is 0 Å². The highest BCUT2D eigenvalue weighted by atomic mass is 79.9. The van der Waals surface area contributed by atoms with Crippen LogP contribution in [0.5, 0.6) is 5.75 Å². The van der Waals surface area contributed by atoms with Crippen molar-refractivity contribution in [3.05, 3.63) is 57.2 Å². The molecule has 148 valence electrons. The number of hydrogen-bond donors (Lipinski definition) is 2. The molecule has 3 aromatic rings. The third-order valence-corrected chi connectivity index (χ3v) is 6.17. The van der Waals surface area contributed by atoms with Crippen molar-refractivity contribution in [1.29, 1.82) is 0 Å². The van der Waals surface area contributed by atoms with Crippen molar-refractivity contribution < 1.29 is 14.7 Å². The summed E-state index contributed by atoms with van der Waals surface area (Å²) in [6.07, 6.45) is 1.43. The molecule has 7 nitrogen and oxygen atoms in total. The number of H-pyrrole nitrogens is 1. The van der Waals surface area contributed by atoms with Crippen LogP contribution in [0.25, 0.3) is 10.9 Å². The number of amides is 2. The van der Waals surface area contributed by atoms with Gasteiger partial charge in [0.2, 0.25) is 5.91 Å². The summed E-state index contributed by atoms with van der Waals surface area (Å²) < 4.78 is 0.981. The third kappa shape index (κ3) is 3.17. The minimum Gasteiger partial charge on any atom is -0.507 e. The number of phenolic OH excluding ortho intramolecular Hbond substituents is 1. The molecule has 1 saturated heterocycles. The van der Waals surface area contributed by atoms with Crippen LogP contribution < -0.4 is 0 Å². The number of nitrogens with one attached hydrogen (secondary N) is 1. The fraction of sp³-hybridized carbons (Fsp3) is 0.286. The molecule has 0 radical (unpaired) electrons. The molecule has 1 aromatic heterocycles. The maximum atomic E-state index is 13.2. The van der Waals surface area contributed by atoms with Crippen LogP contribution in [0.3, 0.4) is 0 Å². The second-order valence-electron chi connectivity index (χ2n) is 7.58. The highest BCUT2D eigenvalue weighted by Gasteiger charge is 2.28. The van der Waals surface area contributed by atoms with E-state index < -0.39 is 0 Å². The Morgan fingerprint density at radius 1 is 1.21 bits per heavy atom. The van der Waals surface area contributed by atoms with E-state index in [2.05, 4.69) is 26.1 Å². The molecule has 0 unspecified atom stereocenters. The molecule has 0 spiro atoms. The molecule has 29 heavy (non-hydrogen) atoms. The molecule has 1 fully saturated rings. The Hall–Kier alpha value is -2.87. The Kier molecular flexibility index (Phi) is 4.31. The van der Waals surface area contributed by atoms with E-state index in [0.717, 1.165) is 34.0 Å².